The summed E-state index contributed by atoms with van der Waals surface area (Å²) in [6.07, 6.45) is 4.36. The largest absolute Gasteiger partial charge is 0.481 e. The molecule has 1 spiro atoms. The summed E-state index contributed by atoms with van der Waals surface area (Å²) in [6, 6.07) is 6.27. The first-order chi connectivity index (χ1) is 7.62. The second-order valence-electron chi connectivity index (χ2n) is 5.30. The Labute approximate surface area is 95.3 Å². The molecule has 1 atom stereocenters. The number of carbonyl (C=O) groups is 1. The summed E-state index contributed by atoms with van der Waals surface area (Å²) in [4.78, 5) is 11.2. The van der Waals surface area contributed by atoms with Gasteiger partial charge in [-0.25, -0.2) is 0 Å². The third-order valence-corrected chi connectivity index (χ3v) is 4.22. The summed E-state index contributed by atoms with van der Waals surface area (Å²) >= 11 is 0. The minimum absolute atomic E-state index is 0.276. The van der Waals surface area contributed by atoms with Crippen LogP contribution in [0.4, 0.5) is 0 Å². The molecule has 2 nitrogen and oxygen atoms in total. The van der Waals surface area contributed by atoms with Crippen molar-refractivity contribution >= 4 is 5.97 Å². The van der Waals surface area contributed by atoms with Crippen LogP contribution in [0.3, 0.4) is 0 Å². The van der Waals surface area contributed by atoms with E-state index in [4.69, 9.17) is 0 Å². The third-order valence-electron chi connectivity index (χ3n) is 4.22. The quantitative estimate of drug-likeness (QED) is 0.783. The molecule has 0 heterocycles. The first-order valence-corrected chi connectivity index (χ1v) is 5.96. The van der Waals surface area contributed by atoms with E-state index in [1.807, 2.05) is 12.1 Å². The second kappa shape index (κ2) is 3.09. The van der Waals surface area contributed by atoms with Gasteiger partial charge in [0.1, 0.15) is 0 Å². The Morgan fingerprint density at radius 1 is 1.38 bits per heavy atom. The van der Waals surface area contributed by atoms with Crippen LogP contribution in [0.25, 0.3) is 0 Å². The van der Waals surface area contributed by atoms with E-state index in [0.717, 1.165) is 18.4 Å². The van der Waals surface area contributed by atoms with E-state index in [-0.39, 0.29) is 5.92 Å². The summed E-state index contributed by atoms with van der Waals surface area (Å²) in [5.41, 5.74) is 4.00. The van der Waals surface area contributed by atoms with Crippen molar-refractivity contribution in [2.75, 3.05) is 0 Å². The first-order valence-electron chi connectivity index (χ1n) is 5.96. The summed E-state index contributed by atoms with van der Waals surface area (Å²) < 4.78 is 0. The molecule has 0 bridgehead atoms. The lowest BCUT2D eigenvalue weighted by molar-refractivity contribution is -0.139. The minimum atomic E-state index is -0.666. The first kappa shape index (κ1) is 9.88. The molecule has 1 aromatic rings. The van der Waals surface area contributed by atoms with Crippen molar-refractivity contribution in [1.82, 2.24) is 0 Å². The molecule has 84 valence electrons. The Morgan fingerprint density at radius 2 is 2.12 bits per heavy atom. The predicted octanol–water partition coefficient (Wildman–Crippen LogP) is 2.99. The van der Waals surface area contributed by atoms with E-state index in [0.29, 0.717) is 5.41 Å². The molecule has 2 aliphatic carbocycles. The average Bonchev–Trinajstić information content (AvgIpc) is 3.00. The van der Waals surface area contributed by atoms with E-state index in [1.54, 1.807) is 0 Å². The standard InChI is InChI=1S/C14H16O2/c1-9-2-3-10-11(13(15)16)4-5-14(6-7-14)12(10)8-9/h2-3,8,11H,4-7H2,1H3,(H,15,16). The Kier molecular flexibility index (Phi) is 1.91. The zero-order chi connectivity index (χ0) is 11.3. The molecule has 1 aromatic carbocycles. The fourth-order valence-electron chi connectivity index (χ4n) is 3.07. The SMILES string of the molecule is Cc1ccc2c(c1)C1(CCC2C(=O)O)CC1. The fourth-order valence-corrected chi connectivity index (χ4v) is 3.07. The highest BCUT2D eigenvalue weighted by Gasteiger charge is 2.49. The number of rotatable bonds is 1. The lowest BCUT2D eigenvalue weighted by atomic mass is 9.74. The summed E-state index contributed by atoms with van der Waals surface area (Å²) in [5, 5.41) is 9.24. The Balaban J connectivity index is 2.14. The number of hydrogen-bond donors (Lipinski definition) is 1. The van der Waals surface area contributed by atoms with Gasteiger partial charge in [-0.1, -0.05) is 23.8 Å². The van der Waals surface area contributed by atoms with Gasteiger partial charge in [-0.2, -0.15) is 0 Å². The summed E-state index contributed by atoms with van der Waals surface area (Å²) in [6.45, 7) is 2.08. The van der Waals surface area contributed by atoms with Gasteiger partial charge in [0.05, 0.1) is 5.92 Å². The van der Waals surface area contributed by atoms with E-state index < -0.39 is 5.97 Å². The van der Waals surface area contributed by atoms with Crippen LogP contribution < -0.4 is 0 Å². The second-order valence-corrected chi connectivity index (χ2v) is 5.30. The van der Waals surface area contributed by atoms with Crippen LogP contribution in [0.1, 0.15) is 48.3 Å². The molecule has 2 heteroatoms. The van der Waals surface area contributed by atoms with Crippen molar-refractivity contribution in [3.05, 3.63) is 34.9 Å². The topological polar surface area (TPSA) is 37.3 Å². The monoisotopic (exact) mass is 216 g/mol. The van der Waals surface area contributed by atoms with Gasteiger partial charge < -0.3 is 5.11 Å². The van der Waals surface area contributed by atoms with Crippen LogP contribution in [0.15, 0.2) is 18.2 Å². The highest BCUT2D eigenvalue weighted by atomic mass is 16.4. The molecule has 0 amide bonds. The molecule has 0 radical (unpaired) electrons. The normalized spacial score (nSPS) is 25.2. The van der Waals surface area contributed by atoms with Crippen molar-refractivity contribution in [3.63, 3.8) is 0 Å². The number of aliphatic carboxylic acids is 1. The van der Waals surface area contributed by atoms with Gasteiger partial charge >= 0.3 is 5.97 Å². The molecule has 1 fully saturated rings. The maximum absolute atomic E-state index is 11.2. The zero-order valence-corrected chi connectivity index (χ0v) is 9.49. The molecular weight excluding hydrogens is 200 g/mol. The highest BCUT2D eigenvalue weighted by molar-refractivity contribution is 5.77. The fraction of sp³-hybridized carbons (Fsp3) is 0.500. The van der Waals surface area contributed by atoms with E-state index in [9.17, 15) is 9.90 Å². The number of benzene rings is 1. The zero-order valence-electron chi connectivity index (χ0n) is 9.49. The lowest BCUT2D eigenvalue weighted by Gasteiger charge is -2.30. The summed E-state index contributed by atoms with van der Waals surface area (Å²) in [7, 11) is 0. The molecule has 1 N–H and O–H groups in total. The van der Waals surface area contributed by atoms with Crippen LogP contribution in [-0.4, -0.2) is 11.1 Å². The van der Waals surface area contributed by atoms with Crippen molar-refractivity contribution in [1.29, 1.82) is 0 Å². The van der Waals surface area contributed by atoms with Crippen molar-refractivity contribution in [3.8, 4) is 0 Å². The number of carboxylic acid groups (broad SMARTS) is 1. The summed E-state index contributed by atoms with van der Waals surface area (Å²) in [5.74, 6) is -0.942. The lowest BCUT2D eigenvalue weighted by Crippen LogP contribution is -2.24. The highest BCUT2D eigenvalue weighted by Crippen LogP contribution is 2.57. The molecule has 0 saturated heterocycles. The van der Waals surface area contributed by atoms with Gasteiger partial charge in [0.2, 0.25) is 0 Å². The molecule has 0 aromatic heterocycles. The predicted molar refractivity (Wildman–Crippen MR) is 61.7 cm³/mol. The number of fused-ring (bicyclic) bond motifs is 2. The van der Waals surface area contributed by atoms with Crippen molar-refractivity contribution in [2.24, 2.45) is 0 Å². The molecule has 1 saturated carbocycles. The number of carboxylic acids is 1. The Hall–Kier alpha value is -1.31. The molecule has 1 unspecified atom stereocenters. The van der Waals surface area contributed by atoms with Crippen molar-refractivity contribution in [2.45, 2.75) is 43.9 Å². The number of aryl methyl sites for hydroxylation is 1. The van der Waals surface area contributed by atoms with E-state index in [2.05, 4.69) is 13.0 Å². The average molecular weight is 216 g/mol. The molecule has 3 rings (SSSR count). The molecule has 0 aliphatic heterocycles. The Morgan fingerprint density at radius 3 is 2.75 bits per heavy atom. The molecule has 2 aliphatic rings. The third kappa shape index (κ3) is 1.29. The van der Waals surface area contributed by atoms with Gasteiger partial charge in [0, 0.05) is 0 Å². The van der Waals surface area contributed by atoms with Crippen LogP contribution >= 0.6 is 0 Å². The van der Waals surface area contributed by atoms with Gasteiger partial charge in [0.25, 0.3) is 0 Å². The number of hydrogen-bond acceptors (Lipinski definition) is 1. The Bertz CT molecular complexity index is 458. The van der Waals surface area contributed by atoms with Crippen LogP contribution in [0.2, 0.25) is 0 Å². The molecule has 16 heavy (non-hydrogen) atoms. The van der Waals surface area contributed by atoms with Crippen LogP contribution in [-0.2, 0) is 10.2 Å². The maximum atomic E-state index is 11.2. The smallest absolute Gasteiger partial charge is 0.310 e. The van der Waals surface area contributed by atoms with Crippen molar-refractivity contribution < 1.29 is 9.90 Å². The van der Waals surface area contributed by atoms with E-state index in [1.165, 1.54) is 24.0 Å². The van der Waals surface area contributed by atoms with Gasteiger partial charge in [-0.15, -0.1) is 0 Å². The van der Waals surface area contributed by atoms with E-state index >= 15 is 0 Å². The minimum Gasteiger partial charge on any atom is -0.481 e. The molecular formula is C14H16O2. The van der Waals surface area contributed by atoms with Gasteiger partial charge in [0.15, 0.2) is 0 Å². The van der Waals surface area contributed by atoms with Crippen LogP contribution in [0.5, 0.6) is 0 Å². The van der Waals surface area contributed by atoms with Gasteiger partial charge in [-0.3, -0.25) is 4.79 Å². The van der Waals surface area contributed by atoms with Crippen LogP contribution in [0, 0.1) is 6.92 Å². The maximum Gasteiger partial charge on any atom is 0.310 e. The van der Waals surface area contributed by atoms with Gasteiger partial charge in [-0.05, 0) is 49.1 Å².